The van der Waals surface area contributed by atoms with E-state index in [4.69, 9.17) is 0 Å². The largest absolute Gasteiger partial charge is 0.416 e. The SMILES string of the molecule is Cc1ccc(Cn2c(=O)c(C(=O)NCc3ccccn3)nn(-c3ccc(C(F)(F)F)cc3)c2=O)cc1. The summed E-state index contributed by atoms with van der Waals surface area (Å²) in [6, 6.07) is 15.8. The third-order valence-electron chi connectivity index (χ3n) is 5.33. The van der Waals surface area contributed by atoms with E-state index in [2.05, 4.69) is 15.4 Å². The minimum absolute atomic E-state index is 0.00182. The van der Waals surface area contributed by atoms with Crippen LogP contribution < -0.4 is 16.6 Å². The number of pyridine rings is 1. The lowest BCUT2D eigenvalue weighted by Gasteiger charge is -2.13. The van der Waals surface area contributed by atoms with Crippen LogP contribution in [0.25, 0.3) is 5.69 Å². The number of amides is 1. The first-order chi connectivity index (χ1) is 17.1. The molecule has 2 aromatic heterocycles. The lowest BCUT2D eigenvalue weighted by Crippen LogP contribution is -2.46. The topological polar surface area (TPSA) is 98.9 Å². The van der Waals surface area contributed by atoms with Crippen molar-refractivity contribution in [1.29, 1.82) is 0 Å². The van der Waals surface area contributed by atoms with E-state index in [1.807, 2.05) is 6.92 Å². The number of alkyl halides is 3. The van der Waals surface area contributed by atoms with E-state index < -0.39 is 34.6 Å². The standard InChI is InChI=1S/C25H20F3N5O3/c1-16-5-7-17(8-6-16)15-32-23(35)21(22(34)30-14-19-4-2-3-13-29-19)31-33(24(32)36)20-11-9-18(10-12-20)25(26,27)28/h2-13H,14-15H2,1H3,(H,30,34). The molecular weight excluding hydrogens is 475 g/mol. The molecule has 8 nitrogen and oxygen atoms in total. The number of nitrogens with zero attached hydrogens (tertiary/aromatic N) is 4. The van der Waals surface area contributed by atoms with Crippen molar-refractivity contribution in [2.75, 3.05) is 0 Å². The summed E-state index contributed by atoms with van der Waals surface area (Å²) in [6.07, 6.45) is -3.03. The van der Waals surface area contributed by atoms with Gasteiger partial charge in [0, 0.05) is 6.20 Å². The molecule has 4 aromatic rings. The van der Waals surface area contributed by atoms with Gasteiger partial charge in [0.15, 0.2) is 0 Å². The van der Waals surface area contributed by atoms with E-state index in [1.165, 1.54) is 0 Å². The van der Waals surface area contributed by atoms with E-state index in [0.717, 1.165) is 39.1 Å². The predicted molar refractivity (Wildman–Crippen MR) is 125 cm³/mol. The first-order valence-corrected chi connectivity index (χ1v) is 10.8. The maximum Gasteiger partial charge on any atom is 0.416 e. The highest BCUT2D eigenvalue weighted by Gasteiger charge is 2.30. The molecule has 0 aliphatic heterocycles. The van der Waals surface area contributed by atoms with Crippen LogP contribution in [0.5, 0.6) is 0 Å². The highest BCUT2D eigenvalue weighted by Crippen LogP contribution is 2.29. The van der Waals surface area contributed by atoms with Crippen molar-refractivity contribution in [3.05, 3.63) is 122 Å². The monoisotopic (exact) mass is 495 g/mol. The number of hydrogen-bond acceptors (Lipinski definition) is 5. The minimum atomic E-state index is -4.57. The number of halogens is 3. The van der Waals surface area contributed by atoms with Crippen molar-refractivity contribution < 1.29 is 18.0 Å². The molecule has 2 aromatic carbocycles. The van der Waals surface area contributed by atoms with Gasteiger partial charge in [-0.2, -0.15) is 23.0 Å². The van der Waals surface area contributed by atoms with Gasteiger partial charge in [-0.1, -0.05) is 35.9 Å². The summed E-state index contributed by atoms with van der Waals surface area (Å²) in [5.74, 6) is -0.857. The second-order valence-corrected chi connectivity index (χ2v) is 7.97. The smallest absolute Gasteiger partial charge is 0.345 e. The van der Waals surface area contributed by atoms with Crippen LogP contribution in [0.3, 0.4) is 0 Å². The van der Waals surface area contributed by atoms with E-state index in [-0.39, 0.29) is 18.8 Å². The Morgan fingerprint density at radius 2 is 1.67 bits per heavy atom. The number of rotatable bonds is 6. The fraction of sp³-hybridized carbons (Fsp3) is 0.160. The average Bonchev–Trinajstić information content (AvgIpc) is 2.86. The summed E-state index contributed by atoms with van der Waals surface area (Å²) < 4.78 is 40.6. The van der Waals surface area contributed by atoms with Gasteiger partial charge in [0.2, 0.25) is 5.69 Å². The first kappa shape index (κ1) is 24.6. The molecule has 2 heterocycles. The van der Waals surface area contributed by atoms with Gasteiger partial charge < -0.3 is 5.32 Å². The molecule has 0 unspecified atom stereocenters. The molecular formula is C25H20F3N5O3. The third kappa shape index (κ3) is 5.40. The molecule has 184 valence electrons. The number of carbonyl (C=O) groups is 1. The zero-order valence-corrected chi connectivity index (χ0v) is 19.0. The Balaban J connectivity index is 1.78. The van der Waals surface area contributed by atoms with Crippen LogP contribution in [-0.4, -0.2) is 25.2 Å². The number of hydrogen-bond donors (Lipinski definition) is 1. The Morgan fingerprint density at radius 1 is 0.972 bits per heavy atom. The van der Waals surface area contributed by atoms with E-state index in [1.54, 1.807) is 48.7 Å². The quantitative estimate of drug-likeness (QED) is 0.443. The number of benzene rings is 2. The maximum atomic E-state index is 13.2. The molecule has 36 heavy (non-hydrogen) atoms. The summed E-state index contributed by atoms with van der Waals surface area (Å²) in [4.78, 5) is 43.3. The van der Waals surface area contributed by atoms with E-state index in [9.17, 15) is 27.6 Å². The van der Waals surface area contributed by atoms with Crippen LogP contribution in [0.4, 0.5) is 13.2 Å². The normalized spacial score (nSPS) is 11.3. The van der Waals surface area contributed by atoms with Crippen LogP contribution >= 0.6 is 0 Å². The minimum Gasteiger partial charge on any atom is -0.345 e. The predicted octanol–water partition coefficient (Wildman–Crippen LogP) is 3.09. The van der Waals surface area contributed by atoms with Crippen molar-refractivity contribution in [2.45, 2.75) is 26.2 Å². The molecule has 1 amide bonds. The van der Waals surface area contributed by atoms with Gasteiger partial charge >= 0.3 is 11.9 Å². The number of carbonyl (C=O) groups excluding carboxylic acids is 1. The lowest BCUT2D eigenvalue weighted by molar-refractivity contribution is -0.137. The molecule has 0 radical (unpaired) electrons. The summed E-state index contributed by atoms with van der Waals surface area (Å²) >= 11 is 0. The molecule has 0 aliphatic rings. The van der Waals surface area contributed by atoms with Gasteiger partial charge in [-0.05, 0) is 48.9 Å². The summed E-state index contributed by atoms with van der Waals surface area (Å²) in [5, 5.41) is 6.46. The second-order valence-electron chi connectivity index (χ2n) is 7.97. The summed E-state index contributed by atoms with van der Waals surface area (Å²) in [7, 11) is 0. The third-order valence-corrected chi connectivity index (χ3v) is 5.33. The molecule has 0 saturated heterocycles. The van der Waals surface area contributed by atoms with Gasteiger partial charge in [0.1, 0.15) is 0 Å². The molecule has 0 spiro atoms. The molecule has 0 atom stereocenters. The van der Waals surface area contributed by atoms with E-state index >= 15 is 0 Å². The van der Waals surface area contributed by atoms with Gasteiger partial charge in [0.05, 0.1) is 30.0 Å². The van der Waals surface area contributed by atoms with Gasteiger partial charge in [-0.25, -0.2) is 4.79 Å². The highest BCUT2D eigenvalue weighted by molar-refractivity contribution is 5.91. The van der Waals surface area contributed by atoms with Crippen molar-refractivity contribution >= 4 is 5.91 Å². The molecule has 11 heteroatoms. The second kappa shape index (κ2) is 9.98. The average molecular weight is 495 g/mol. The van der Waals surface area contributed by atoms with Crippen molar-refractivity contribution in [3.63, 3.8) is 0 Å². The molecule has 0 aliphatic carbocycles. The van der Waals surface area contributed by atoms with E-state index in [0.29, 0.717) is 11.3 Å². The van der Waals surface area contributed by atoms with Gasteiger partial charge in [-0.3, -0.25) is 19.1 Å². The molecule has 4 rings (SSSR count). The summed E-state index contributed by atoms with van der Waals surface area (Å²) in [5.41, 5.74) is -1.25. The zero-order valence-electron chi connectivity index (χ0n) is 19.0. The Bertz CT molecular complexity index is 1490. The number of nitrogens with one attached hydrogen (secondary N) is 1. The van der Waals surface area contributed by atoms with Crippen LogP contribution in [0.15, 0.2) is 82.5 Å². The van der Waals surface area contributed by atoms with Crippen LogP contribution in [0, 0.1) is 6.92 Å². The van der Waals surface area contributed by atoms with Crippen LogP contribution in [0.1, 0.15) is 32.9 Å². The van der Waals surface area contributed by atoms with Crippen molar-refractivity contribution in [1.82, 2.24) is 24.6 Å². The lowest BCUT2D eigenvalue weighted by atomic mass is 10.1. The maximum absolute atomic E-state index is 13.2. The molecule has 1 N–H and O–H groups in total. The Labute approximate surface area is 202 Å². The molecule has 0 bridgehead atoms. The van der Waals surface area contributed by atoms with Crippen LogP contribution in [0.2, 0.25) is 0 Å². The Morgan fingerprint density at radius 3 is 2.28 bits per heavy atom. The zero-order chi connectivity index (χ0) is 25.9. The fourth-order valence-electron chi connectivity index (χ4n) is 3.39. The molecule has 0 fully saturated rings. The number of aromatic nitrogens is 4. The number of aryl methyl sites for hydroxylation is 1. The van der Waals surface area contributed by atoms with Crippen molar-refractivity contribution in [2.24, 2.45) is 0 Å². The highest BCUT2D eigenvalue weighted by atomic mass is 19.4. The fourth-order valence-corrected chi connectivity index (χ4v) is 3.39. The van der Waals surface area contributed by atoms with Gasteiger partial charge in [-0.15, -0.1) is 0 Å². The Kier molecular flexibility index (Phi) is 6.82. The van der Waals surface area contributed by atoms with Crippen molar-refractivity contribution in [3.8, 4) is 5.69 Å². The summed E-state index contributed by atoms with van der Waals surface area (Å²) in [6.45, 7) is 1.71. The molecule has 0 saturated carbocycles. The van der Waals surface area contributed by atoms with Crippen LogP contribution in [-0.2, 0) is 19.3 Å². The van der Waals surface area contributed by atoms with Gasteiger partial charge in [0.25, 0.3) is 11.5 Å². The Hall–Kier alpha value is -4.54. The first-order valence-electron chi connectivity index (χ1n) is 10.8.